The van der Waals surface area contributed by atoms with E-state index >= 15 is 0 Å². The second-order valence-corrected chi connectivity index (χ2v) is 7.76. The van der Waals surface area contributed by atoms with Gasteiger partial charge in [-0.1, -0.05) is 42.5 Å². The number of amides is 2. The lowest BCUT2D eigenvalue weighted by molar-refractivity contribution is -0.121. The molecule has 4 rings (SSSR count). The maximum Gasteiger partial charge on any atom is 0.254 e. The highest BCUT2D eigenvalue weighted by molar-refractivity contribution is 6.08. The van der Waals surface area contributed by atoms with Gasteiger partial charge in [0.2, 0.25) is 5.91 Å². The average Bonchev–Trinajstić information content (AvgIpc) is 2.79. The highest BCUT2D eigenvalue weighted by Gasteiger charge is 2.30. The van der Waals surface area contributed by atoms with Crippen molar-refractivity contribution in [3.8, 4) is 5.75 Å². The number of likely N-dealkylation sites (tertiary alicyclic amines) is 1. The maximum atomic E-state index is 13.3. The molecule has 30 heavy (non-hydrogen) atoms. The third-order valence-corrected chi connectivity index (χ3v) is 5.82. The Hall–Kier alpha value is -3.34. The minimum Gasteiger partial charge on any atom is -0.496 e. The van der Waals surface area contributed by atoms with Crippen LogP contribution in [0.5, 0.6) is 5.75 Å². The summed E-state index contributed by atoms with van der Waals surface area (Å²) in [5, 5.41) is 4.81. The molecule has 1 heterocycles. The van der Waals surface area contributed by atoms with E-state index in [2.05, 4.69) is 5.32 Å². The van der Waals surface area contributed by atoms with E-state index in [0.717, 1.165) is 40.6 Å². The highest BCUT2D eigenvalue weighted by Crippen LogP contribution is 2.30. The van der Waals surface area contributed by atoms with E-state index in [1.807, 2.05) is 67.6 Å². The number of carbonyl (C=O) groups is 2. The van der Waals surface area contributed by atoms with E-state index in [9.17, 15) is 9.59 Å². The summed E-state index contributed by atoms with van der Waals surface area (Å²) in [5.41, 5.74) is 2.50. The zero-order chi connectivity index (χ0) is 21.1. The molecule has 0 saturated carbocycles. The first-order valence-corrected chi connectivity index (χ1v) is 10.3. The molecule has 5 nitrogen and oxygen atoms in total. The minimum atomic E-state index is -0.216. The Kier molecular flexibility index (Phi) is 5.70. The summed E-state index contributed by atoms with van der Waals surface area (Å²) in [7, 11) is 1.63. The van der Waals surface area contributed by atoms with Gasteiger partial charge in [-0.05, 0) is 48.9 Å². The molecule has 3 aromatic rings. The molecule has 3 aromatic carbocycles. The fraction of sp³-hybridized carbons (Fsp3) is 0.280. The van der Waals surface area contributed by atoms with Crippen molar-refractivity contribution in [1.29, 1.82) is 0 Å². The monoisotopic (exact) mass is 402 g/mol. The zero-order valence-corrected chi connectivity index (χ0v) is 17.4. The van der Waals surface area contributed by atoms with Gasteiger partial charge in [-0.25, -0.2) is 0 Å². The van der Waals surface area contributed by atoms with Crippen LogP contribution in [-0.2, 0) is 4.79 Å². The maximum absolute atomic E-state index is 13.3. The molecular formula is C25H26N2O3. The van der Waals surface area contributed by atoms with Crippen LogP contribution in [0, 0.1) is 12.8 Å². The second-order valence-electron chi connectivity index (χ2n) is 7.76. The molecule has 1 saturated heterocycles. The van der Waals surface area contributed by atoms with Crippen LogP contribution in [0.2, 0.25) is 0 Å². The molecule has 0 spiro atoms. The number of rotatable bonds is 4. The Morgan fingerprint density at radius 2 is 1.73 bits per heavy atom. The third-order valence-electron chi connectivity index (χ3n) is 5.82. The standard InChI is InChI=1S/C25H26N2O3/c1-17-8-3-6-12-22(17)26-24(28)18-9-7-15-27(16-18)25(29)21-13-14-23(30-2)20-11-5-4-10-19(20)21/h3-6,8,10-14,18H,7,9,15-16H2,1-2H3,(H,26,28)/t18-/m0/s1. The zero-order valence-electron chi connectivity index (χ0n) is 17.4. The number of methoxy groups -OCH3 is 1. The molecular weight excluding hydrogens is 376 g/mol. The van der Waals surface area contributed by atoms with Crippen molar-refractivity contribution >= 4 is 28.3 Å². The molecule has 0 aromatic heterocycles. The lowest BCUT2D eigenvalue weighted by atomic mass is 9.95. The van der Waals surface area contributed by atoms with Crippen LogP contribution in [0.25, 0.3) is 10.8 Å². The number of para-hydroxylation sites is 1. The molecule has 1 N–H and O–H groups in total. The van der Waals surface area contributed by atoms with E-state index in [1.54, 1.807) is 12.0 Å². The molecule has 1 aliphatic heterocycles. The largest absolute Gasteiger partial charge is 0.496 e. The lowest BCUT2D eigenvalue weighted by Crippen LogP contribution is -2.43. The predicted octanol–water partition coefficient (Wildman–Crippen LogP) is 4.65. The molecule has 0 bridgehead atoms. The Morgan fingerprint density at radius 3 is 2.50 bits per heavy atom. The van der Waals surface area contributed by atoms with Gasteiger partial charge in [0, 0.05) is 29.7 Å². The number of hydrogen-bond donors (Lipinski definition) is 1. The molecule has 1 atom stereocenters. The first-order chi connectivity index (χ1) is 14.6. The van der Waals surface area contributed by atoms with Crippen molar-refractivity contribution in [2.75, 3.05) is 25.5 Å². The first-order valence-electron chi connectivity index (χ1n) is 10.3. The summed E-state index contributed by atoms with van der Waals surface area (Å²) >= 11 is 0. The van der Waals surface area contributed by atoms with Crippen LogP contribution in [-0.4, -0.2) is 36.9 Å². The van der Waals surface area contributed by atoms with Gasteiger partial charge in [0.15, 0.2) is 0 Å². The Morgan fingerprint density at radius 1 is 1.00 bits per heavy atom. The predicted molar refractivity (Wildman–Crippen MR) is 119 cm³/mol. The van der Waals surface area contributed by atoms with Gasteiger partial charge in [-0.2, -0.15) is 0 Å². The number of aryl methyl sites for hydroxylation is 1. The molecule has 1 aliphatic rings. The van der Waals surface area contributed by atoms with E-state index in [4.69, 9.17) is 4.74 Å². The molecule has 0 radical (unpaired) electrons. The van der Waals surface area contributed by atoms with Gasteiger partial charge in [0.25, 0.3) is 5.91 Å². The molecule has 5 heteroatoms. The SMILES string of the molecule is COc1ccc(C(=O)N2CCC[C@H](C(=O)Nc3ccccc3C)C2)c2ccccc12. The number of ether oxygens (including phenoxy) is 1. The number of nitrogens with one attached hydrogen (secondary N) is 1. The van der Waals surface area contributed by atoms with Crippen molar-refractivity contribution < 1.29 is 14.3 Å². The van der Waals surface area contributed by atoms with Crippen molar-refractivity contribution in [1.82, 2.24) is 4.90 Å². The summed E-state index contributed by atoms with van der Waals surface area (Å²) in [6, 6.07) is 19.2. The highest BCUT2D eigenvalue weighted by atomic mass is 16.5. The van der Waals surface area contributed by atoms with Crippen LogP contribution < -0.4 is 10.1 Å². The lowest BCUT2D eigenvalue weighted by Gasteiger charge is -2.32. The number of fused-ring (bicyclic) bond motifs is 1. The van der Waals surface area contributed by atoms with Crippen LogP contribution in [0.15, 0.2) is 60.7 Å². The summed E-state index contributed by atoms with van der Waals surface area (Å²) in [4.78, 5) is 28.0. The molecule has 0 aliphatic carbocycles. The third kappa shape index (κ3) is 3.88. The van der Waals surface area contributed by atoms with E-state index in [0.29, 0.717) is 18.7 Å². The minimum absolute atomic E-state index is 0.0265. The van der Waals surface area contributed by atoms with Gasteiger partial charge in [0.1, 0.15) is 5.75 Å². The van der Waals surface area contributed by atoms with Crippen LogP contribution in [0.3, 0.4) is 0 Å². The van der Waals surface area contributed by atoms with Crippen molar-refractivity contribution in [3.63, 3.8) is 0 Å². The van der Waals surface area contributed by atoms with Gasteiger partial charge in [-0.15, -0.1) is 0 Å². The van der Waals surface area contributed by atoms with E-state index in [1.165, 1.54) is 0 Å². The summed E-state index contributed by atoms with van der Waals surface area (Å²) in [6.45, 7) is 3.06. The molecule has 154 valence electrons. The molecule has 1 fully saturated rings. The van der Waals surface area contributed by atoms with Crippen LogP contribution >= 0.6 is 0 Å². The van der Waals surface area contributed by atoms with Crippen molar-refractivity contribution in [2.24, 2.45) is 5.92 Å². The van der Waals surface area contributed by atoms with E-state index < -0.39 is 0 Å². The fourth-order valence-electron chi connectivity index (χ4n) is 4.13. The summed E-state index contributed by atoms with van der Waals surface area (Å²) in [6.07, 6.45) is 1.59. The number of hydrogen-bond acceptors (Lipinski definition) is 3. The van der Waals surface area contributed by atoms with E-state index in [-0.39, 0.29) is 17.7 Å². The Balaban J connectivity index is 1.54. The Bertz CT molecular complexity index is 1090. The quantitative estimate of drug-likeness (QED) is 0.691. The first kappa shape index (κ1) is 20.0. The van der Waals surface area contributed by atoms with Crippen molar-refractivity contribution in [2.45, 2.75) is 19.8 Å². The molecule has 2 amide bonds. The second kappa shape index (κ2) is 8.57. The van der Waals surface area contributed by atoms with Gasteiger partial charge in [0.05, 0.1) is 13.0 Å². The van der Waals surface area contributed by atoms with Crippen LogP contribution in [0.4, 0.5) is 5.69 Å². The summed E-state index contributed by atoms with van der Waals surface area (Å²) in [5.74, 6) is 0.465. The van der Waals surface area contributed by atoms with Crippen LogP contribution in [0.1, 0.15) is 28.8 Å². The number of benzene rings is 3. The number of piperidine rings is 1. The number of anilines is 1. The number of carbonyl (C=O) groups excluding carboxylic acids is 2. The normalized spacial score (nSPS) is 16.3. The smallest absolute Gasteiger partial charge is 0.254 e. The van der Waals surface area contributed by atoms with Crippen molar-refractivity contribution in [3.05, 3.63) is 71.8 Å². The topological polar surface area (TPSA) is 58.6 Å². The summed E-state index contributed by atoms with van der Waals surface area (Å²) < 4.78 is 5.44. The average molecular weight is 402 g/mol. The van der Waals surface area contributed by atoms with Gasteiger partial charge >= 0.3 is 0 Å². The number of nitrogens with zero attached hydrogens (tertiary/aromatic N) is 1. The fourth-order valence-corrected chi connectivity index (χ4v) is 4.13. The van der Waals surface area contributed by atoms with Gasteiger partial charge in [-0.3, -0.25) is 9.59 Å². The van der Waals surface area contributed by atoms with Gasteiger partial charge < -0.3 is 15.0 Å². The Labute approximate surface area is 176 Å². The molecule has 0 unspecified atom stereocenters.